The van der Waals surface area contributed by atoms with Gasteiger partial charge < -0.3 is 15.3 Å². The fourth-order valence-electron chi connectivity index (χ4n) is 1.77. The lowest BCUT2D eigenvalue weighted by Gasteiger charge is -2.13. The van der Waals surface area contributed by atoms with Gasteiger partial charge >= 0.3 is 6.09 Å². The lowest BCUT2D eigenvalue weighted by molar-refractivity contribution is 0.153. The van der Waals surface area contributed by atoms with Crippen LogP contribution < -0.4 is 5.32 Å². The summed E-state index contributed by atoms with van der Waals surface area (Å²) in [7, 11) is 1.89. The molecule has 4 heteroatoms. The van der Waals surface area contributed by atoms with Gasteiger partial charge in [-0.2, -0.15) is 0 Å². The Hall–Kier alpha value is -0.770. The van der Waals surface area contributed by atoms with Crippen molar-refractivity contribution in [2.45, 2.75) is 19.4 Å². The zero-order valence-electron chi connectivity index (χ0n) is 7.58. The van der Waals surface area contributed by atoms with Crippen LogP contribution >= 0.6 is 0 Å². The van der Waals surface area contributed by atoms with Crippen molar-refractivity contribution in [1.29, 1.82) is 0 Å². The van der Waals surface area contributed by atoms with Gasteiger partial charge in [0.1, 0.15) is 0 Å². The molecule has 1 aliphatic rings. The van der Waals surface area contributed by atoms with Crippen LogP contribution in [0.2, 0.25) is 0 Å². The van der Waals surface area contributed by atoms with Crippen LogP contribution in [0.5, 0.6) is 0 Å². The summed E-state index contributed by atoms with van der Waals surface area (Å²) in [5.41, 5.74) is 0. The number of likely N-dealkylation sites (tertiary alicyclic amines) is 1. The Labute approximate surface area is 72.6 Å². The van der Waals surface area contributed by atoms with Gasteiger partial charge in [0, 0.05) is 19.1 Å². The smallest absolute Gasteiger partial charge is 0.407 e. The summed E-state index contributed by atoms with van der Waals surface area (Å²) >= 11 is 0. The molecule has 1 heterocycles. The standard InChI is InChI=1S/C8H16N2O2/c1-3-6-4-10(8(11)12)5-7(6)9-2/h6-7,9H,3-5H2,1-2H3,(H,11,12)/t6-,7+/m1/s1. The topological polar surface area (TPSA) is 52.6 Å². The molecule has 1 aliphatic heterocycles. The van der Waals surface area contributed by atoms with Crippen molar-refractivity contribution in [2.75, 3.05) is 20.1 Å². The number of carboxylic acid groups (broad SMARTS) is 1. The van der Waals surface area contributed by atoms with Crippen molar-refractivity contribution in [2.24, 2.45) is 5.92 Å². The van der Waals surface area contributed by atoms with E-state index in [4.69, 9.17) is 5.11 Å². The summed E-state index contributed by atoms with van der Waals surface area (Å²) in [6.07, 6.45) is 0.237. The summed E-state index contributed by atoms with van der Waals surface area (Å²) in [5.74, 6) is 0.478. The maximum Gasteiger partial charge on any atom is 0.407 e. The van der Waals surface area contributed by atoms with E-state index in [1.807, 2.05) is 7.05 Å². The van der Waals surface area contributed by atoms with Gasteiger partial charge in [0.05, 0.1) is 0 Å². The maximum atomic E-state index is 10.6. The molecule has 0 aromatic carbocycles. The Balaban J connectivity index is 2.53. The molecule has 0 aromatic rings. The van der Waals surface area contributed by atoms with Crippen molar-refractivity contribution in [3.8, 4) is 0 Å². The molecule has 0 aliphatic carbocycles. The van der Waals surface area contributed by atoms with Crippen molar-refractivity contribution < 1.29 is 9.90 Å². The van der Waals surface area contributed by atoms with E-state index in [1.54, 1.807) is 0 Å². The average Bonchev–Trinajstić information content (AvgIpc) is 2.46. The number of hydrogen-bond acceptors (Lipinski definition) is 2. The lowest BCUT2D eigenvalue weighted by Crippen LogP contribution is -2.34. The minimum Gasteiger partial charge on any atom is -0.465 e. The van der Waals surface area contributed by atoms with Crippen LogP contribution in [-0.2, 0) is 0 Å². The Morgan fingerprint density at radius 3 is 2.67 bits per heavy atom. The SMILES string of the molecule is CC[C@@H]1CN(C(=O)O)C[C@@H]1NC. The van der Waals surface area contributed by atoms with Crippen molar-refractivity contribution >= 4 is 6.09 Å². The predicted octanol–water partition coefficient (Wildman–Crippen LogP) is 0.594. The molecule has 0 bridgehead atoms. The molecule has 1 amide bonds. The zero-order chi connectivity index (χ0) is 9.14. The lowest BCUT2D eigenvalue weighted by atomic mass is 10.0. The molecule has 2 atom stereocenters. The molecule has 0 radical (unpaired) electrons. The second-order valence-electron chi connectivity index (χ2n) is 3.25. The predicted molar refractivity (Wildman–Crippen MR) is 46.2 cm³/mol. The molecule has 70 valence electrons. The number of rotatable bonds is 2. The summed E-state index contributed by atoms with van der Waals surface area (Å²) in [6.45, 7) is 3.40. The van der Waals surface area contributed by atoms with Crippen molar-refractivity contribution in [3.05, 3.63) is 0 Å². The first-order valence-electron chi connectivity index (χ1n) is 4.34. The summed E-state index contributed by atoms with van der Waals surface area (Å²) < 4.78 is 0. The number of amides is 1. The Bertz CT molecular complexity index is 160. The van der Waals surface area contributed by atoms with Crippen LogP contribution in [0.15, 0.2) is 0 Å². The fourth-order valence-corrected chi connectivity index (χ4v) is 1.77. The van der Waals surface area contributed by atoms with Gasteiger partial charge in [-0.05, 0) is 13.0 Å². The second-order valence-corrected chi connectivity index (χ2v) is 3.25. The number of nitrogens with zero attached hydrogens (tertiary/aromatic N) is 1. The van der Waals surface area contributed by atoms with Crippen molar-refractivity contribution in [1.82, 2.24) is 10.2 Å². The fraction of sp³-hybridized carbons (Fsp3) is 0.875. The average molecular weight is 172 g/mol. The highest BCUT2D eigenvalue weighted by molar-refractivity contribution is 5.65. The molecule has 1 saturated heterocycles. The highest BCUT2D eigenvalue weighted by Gasteiger charge is 2.32. The van der Waals surface area contributed by atoms with Crippen molar-refractivity contribution in [3.63, 3.8) is 0 Å². The molecule has 4 nitrogen and oxygen atoms in total. The highest BCUT2D eigenvalue weighted by Crippen LogP contribution is 2.19. The van der Waals surface area contributed by atoms with E-state index in [2.05, 4.69) is 12.2 Å². The number of nitrogens with one attached hydrogen (secondary N) is 1. The van der Waals surface area contributed by atoms with E-state index in [9.17, 15) is 4.79 Å². The zero-order valence-corrected chi connectivity index (χ0v) is 7.58. The number of likely N-dealkylation sites (N-methyl/N-ethyl adjacent to an activating group) is 1. The van der Waals surface area contributed by atoms with Crippen LogP contribution in [0.4, 0.5) is 4.79 Å². The third kappa shape index (κ3) is 1.69. The Morgan fingerprint density at radius 2 is 2.33 bits per heavy atom. The van der Waals surface area contributed by atoms with E-state index in [0.717, 1.165) is 6.42 Å². The molecule has 0 aromatic heterocycles. The van der Waals surface area contributed by atoms with E-state index >= 15 is 0 Å². The monoisotopic (exact) mass is 172 g/mol. The molecule has 12 heavy (non-hydrogen) atoms. The van der Waals surface area contributed by atoms with Gasteiger partial charge in [0.15, 0.2) is 0 Å². The van der Waals surface area contributed by atoms with Crippen LogP contribution in [0.1, 0.15) is 13.3 Å². The van der Waals surface area contributed by atoms with E-state index in [0.29, 0.717) is 25.0 Å². The summed E-state index contributed by atoms with van der Waals surface area (Å²) in [6, 6.07) is 0.339. The van der Waals surface area contributed by atoms with Crippen LogP contribution in [0, 0.1) is 5.92 Å². The number of hydrogen-bond donors (Lipinski definition) is 2. The Morgan fingerprint density at radius 1 is 1.67 bits per heavy atom. The molecule has 0 unspecified atom stereocenters. The first-order chi connectivity index (χ1) is 5.69. The van der Waals surface area contributed by atoms with E-state index < -0.39 is 6.09 Å². The van der Waals surface area contributed by atoms with Crippen LogP contribution in [-0.4, -0.2) is 42.3 Å². The van der Waals surface area contributed by atoms with E-state index in [-0.39, 0.29) is 0 Å². The van der Waals surface area contributed by atoms with Crippen LogP contribution in [0.25, 0.3) is 0 Å². The highest BCUT2D eigenvalue weighted by atomic mass is 16.4. The molecule has 2 N–H and O–H groups in total. The second kappa shape index (κ2) is 3.76. The third-order valence-corrected chi connectivity index (χ3v) is 2.61. The largest absolute Gasteiger partial charge is 0.465 e. The summed E-state index contributed by atoms with van der Waals surface area (Å²) in [4.78, 5) is 12.1. The Kier molecular flexibility index (Phi) is 2.92. The molecular weight excluding hydrogens is 156 g/mol. The normalized spacial score (nSPS) is 29.3. The van der Waals surface area contributed by atoms with Gasteiger partial charge in [-0.15, -0.1) is 0 Å². The molecule has 0 saturated carbocycles. The molecule has 1 rings (SSSR count). The minimum absolute atomic E-state index is 0.339. The molecule has 1 fully saturated rings. The first kappa shape index (κ1) is 9.32. The van der Waals surface area contributed by atoms with E-state index in [1.165, 1.54) is 4.90 Å². The quantitative estimate of drug-likeness (QED) is 0.641. The number of carbonyl (C=O) groups is 1. The first-order valence-corrected chi connectivity index (χ1v) is 4.34. The summed E-state index contributed by atoms with van der Waals surface area (Å²) in [5, 5.41) is 11.9. The van der Waals surface area contributed by atoms with Gasteiger partial charge in [-0.25, -0.2) is 4.79 Å². The van der Waals surface area contributed by atoms with Gasteiger partial charge in [-0.3, -0.25) is 0 Å². The maximum absolute atomic E-state index is 10.6. The molecule has 0 spiro atoms. The minimum atomic E-state index is -0.800. The van der Waals surface area contributed by atoms with Gasteiger partial charge in [0.25, 0.3) is 0 Å². The van der Waals surface area contributed by atoms with Gasteiger partial charge in [0.2, 0.25) is 0 Å². The third-order valence-electron chi connectivity index (χ3n) is 2.61. The van der Waals surface area contributed by atoms with Gasteiger partial charge in [-0.1, -0.05) is 13.3 Å². The van der Waals surface area contributed by atoms with Crippen LogP contribution in [0.3, 0.4) is 0 Å². The molecular formula is C8H16N2O2.